The monoisotopic (exact) mass is 396 g/mol. The average Bonchev–Trinajstić information content (AvgIpc) is 2.69. The van der Waals surface area contributed by atoms with Crippen LogP contribution in [0.4, 0.5) is 0 Å². The van der Waals surface area contributed by atoms with Crippen molar-refractivity contribution in [3.8, 4) is 0 Å². The van der Waals surface area contributed by atoms with E-state index in [1.165, 1.54) is 116 Å². The fraction of sp³-hybridized carbons (Fsp3) is 0.960. The summed E-state index contributed by atoms with van der Waals surface area (Å²) in [5.74, 6) is 0.112. The molecule has 3 heteroatoms. The zero-order chi connectivity index (χ0) is 20.7. The van der Waals surface area contributed by atoms with Crippen molar-refractivity contribution >= 4 is 5.91 Å². The van der Waals surface area contributed by atoms with E-state index in [0.717, 1.165) is 12.8 Å². The standard InChI is InChI=1S/C25H52N2O/c1-3-5-6-7-8-9-10-11-12-13-14-15-16-17-18-19-20-21-22-23-25(28)27-24(26)4-2/h24H,3-23,26H2,1-2H3,(H,27,28). The molecule has 1 atom stereocenters. The van der Waals surface area contributed by atoms with Crippen molar-refractivity contribution in [2.75, 3.05) is 0 Å². The van der Waals surface area contributed by atoms with Gasteiger partial charge >= 0.3 is 0 Å². The van der Waals surface area contributed by atoms with Gasteiger partial charge in [0.15, 0.2) is 0 Å². The minimum atomic E-state index is -0.173. The Labute approximate surface area is 177 Å². The highest BCUT2D eigenvalue weighted by Crippen LogP contribution is 2.14. The second kappa shape index (κ2) is 22.7. The minimum absolute atomic E-state index is 0.112. The Morgan fingerprint density at radius 2 is 0.929 bits per heavy atom. The summed E-state index contributed by atoms with van der Waals surface area (Å²) in [6, 6.07) is 0. The molecule has 0 spiro atoms. The topological polar surface area (TPSA) is 55.1 Å². The summed E-state index contributed by atoms with van der Waals surface area (Å²) in [5.41, 5.74) is 5.72. The van der Waals surface area contributed by atoms with Crippen LogP contribution in [-0.4, -0.2) is 12.1 Å². The Kier molecular flexibility index (Phi) is 22.3. The van der Waals surface area contributed by atoms with Gasteiger partial charge in [0.1, 0.15) is 0 Å². The molecule has 0 aliphatic rings. The molecule has 168 valence electrons. The van der Waals surface area contributed by atoms with E-state index in [4.69, 9.17) is 5.73 Å². The molecule has 3 nitrogen and oxygen atoms in total. The van der Waals surface area contributed by atoms with E-state index in [2.05, 4.69) is 12.2 Å². The molecule has 0 bridgehead atoms. The van der Waals surface area contributed by atoms with E-state index in [1.807, 2.05) is 6.92 Å². The third kappa shape index (κ3) is 21.7. The SMILES string of the molecule is CCCCCCCCCCCCCCCCCCCCCC(=O)NC(N)CC. The summed E-state index contributed by atoms with van der Waals surface area (Å²) in [7, 11) is 0. The number of carbonyl (C=O) groups excluding carboxylic acids is 1. The maximum Gasteiger partial charge on any atom is 0.221 e. The highest BCUT2D eigenvalue weighted by Gasteiger charge is 2.04. The van der Waals surface area contributed by atoms with E-state index in [9.17, 15) is 4.79 Å². The summed E-state index contributed by atoms with van der Waals surface area (Å²) in [6.07, 6.45) is 27.5. The number of unbranched alkanes of at least 4 members (excludes halogenated alkanes) is 18. The molecular weight excluding hydrogens is 344 g/mol. The molecular formula is C25H52N2O. The summed E-state index contributed by atoms with van der Waals surface area (Å²) >= 11 is 0. The molecule has 0 aromatic heterocycles. The van der Waals surface area contributed by atoms with E-state index >= 15 is 0 Å². The maximum absolute atomic E-state index is 11.6. The lowest BCUT2D eigenvalue weighted by atomic mass is 10.0. The third-order valence-corrected chi connectivity index (χ3v) is 5.79. The molecule has 0 fully saturated rings. The predicted octanol–water partition coefficient (Wildman–Crippen LogP) is 7.62. The molecule has 0 heterocycles. The first-order chi connectivity index (χ1) is 13.7. The van der Waals surface area contributed by atoms with Crippen molar-refractivity contribution in [1.82, 2.24) is 5.32 Å². The molecule has 0 aromatic carbocycles. The quantitative estimate of drug-likeness (QED) is 0.146. The zero-order valence-electron chi connectivity index (χ0n) is 19.4. The average molecular weight is 397 g/mol. The number of nitrogens with two attached hydrogens (primary N) is 1. The van der Waals surface area contributed by atoms with Gasteiger partial charge in [-0.15, -0.1) is 0 Å². The van der Waals surface area contributed by atoms with Crippen LogP contribution in [0, 0.1) is 0 Å². The Balaban J connectivity index is 3.09. The second-order valence-electron chi connectivity index (χ2n) is 8.70. The number of hydrogen-bond donors (Lipinski definition) is 2. The number of nitrogens with one attached hydrogen (secondary N) is 1. The Hall–Kier alpha value is -0.570. The second-order valence-corrected chi connectivity index (χ2v) is 8.70. The Morgan fingerprint density at radius 3 is 1.25 bits per heavy atom. The summed E-state index contributed by atoms with van der Waals surface area (Å²) in [6.45, 7) is 4.28. The highest BCUT2D eigenvalue weighted by molar-refractivity contribution is 5.76. The van der Waals surface area contributed by atoms with E-state index < -0.39 is 0 Å². The van der Waals surface area contributed by atoms with Crippen LogP contribution in [0.2, 0.25) is 0 Å². The van der Waals surface area contributed by atoms with Crippen LogP contribution in [0.25, 0.3) is 0 Å². The molecule has 0 aromatic rings. The number of rotatable bonds is 22. The fourth-order valence-electron chi connectivity index (χ4n) is 3.74. The van der Waals surface area contributed by atoms with E-state index in [1.54, 1.807) is 0 Å². The Morgan fingerprint density at radius 1 is 0.607 bits per heavy atom. The summed E-state index contributed by atoms with van der Waals surface area (Å²) in [5, 5.41) is 2.83. The molecule has 0 saturated carbocycles. The minimum Gasteiger partial charge on any atom is -0.341 e. The number of amides is 1. The zero-order valence-corrected chi connectivity index (χ0v) is 19.4. The first kappa shape index (κ1) is 27.4. The lowest BCUT2D eigenvalue weighted by molar-refractivity contribution is -0.121. The van der Waals surface area contributed by atoms with Gasteiger partial charge in [0.2, 0.25) is 5.91 Å². The van der Waals surface area contributed by atoms with Gasteiger partial charge in [-0.1, -0.05) is 129 Å². The largest absolute Gasteiger partial charge is 0.341 e. The van der Waals surface area contributed by atoms with Crippen molar-refractivity contribution in [2.45, 2.75) is 155 Å². The van der Waals surface area contributed by atoms with Crippen LogP contribution in [0.1, 0.15) is 149 Å². The van der Waals surface area contributed by atoms with Crippen molar-refractivity contribution < 1.29 is 4.79 Å². The highest BCUT2D eigenvalue weighted by atomic mass is 16.1. The van der Waals surface area contributed by atoms with Gasteiger partial charge < -0.3 is 11.1 Å². The van der Waals surface area contributed by atoms with Gasteiger partial charge in [0.05, 0.1) is 6.17 Å². The van der Waals surface area contributed by atoms with Crippen LogP contribution < -0.4 is 11.1 Å². The van der Waals surface area contributed by atoms with Gasteiger partial charge in [-0.2, -0.15) is 0 Å². The lowest BCUT2D eigenvalue weighted by Crippen LogP contribution is -2.40. The normalized spacial score (nSPS) is 12.2. The smallest absolute Gasteiger partial charge is 0.221 e. The van der Waals surface area contributed by atoms with Crippen molar-refractivity contribution in [1.29, 1.82) is 0 Å². The molecule has 0 rings (SSSR count). The lowest BCUT2D eigenvalue weighted by Gasteiger charge is -2.10. The van der Waals surface area contributed by atoms with Gasteiger partial charge in [0, 0.05) is 6.42 Å². The number of carbonyl (C=O) groups is 1. The molecule has 0 radical (unpaired) electrons. The Bertz CT molecular complexity index is 320. The van der Waals surface area contributed by atoms with Gasteiger partial charge in [-0.25, -0.2) is 0 Å². The van der Waals surface area contributed by atoms with Gasteiger partial charge in [-0.05, 0) is 12.8 Å². The number of hydrogen-bond acceptors (Lipinski definition) is 2. The van der Waals surface area contributed by atoms with Crippen molar-refractivity contribution in [3.63, 3.8) is 0 Å². The maximum atomic E-state index is 11.6. The predicted molar refractivity (Wildman–Crippen MR) is 124 cm³/mol. The fourth-order valence-corrected chi connectivity index (χ4v) is 3.74. The molecule has 1 amide bonds. The van der Waals surface area contributed by atoms with E-state index in [0.29, 0.717) is 6.42 Å². The van der Waals surface area contributed by atoms with Gasteiger partial charge in [0.25, 0.3) is 0 Å². The molecule has 0 saturated heterocycles. The van der Waals surface area contributed by atoms with E-state index in [-0.39, 0.29) is 12.1 Å². The van der Waals surface area contributed by atoms with Crippen LogP contribution in [-0.2, 0) is 4.79 Å². The van der Waals surface area contributed by atoms with Crippen LogP contribution >= 0.6 is 0 Å². The molecule has 0 aliphatic heterocycles. The molecule has 3 N–H and O–H groups in total. The molecule has 1 unspecified atom stereocenters. The first-order valence-corrected chi connectivity index (χ1v) is 12.8. The van der Waals surface area contributed by atoms with Crippen LogP contribution in [0.15, 0.2) is 0 Å². The summed E-state index contributed by atoms with van der Waals surface area (Å²) < 4.78 is 0. The molecule has 28 heavy (non-hydrogen) atoms. The van der Waals surface area contributed by atoms with Crippen LogP contribution in [0.5, 0.6) is 0 Å². The summed E-state index contributed by atoms with van der Waals surface area (Å²) in [4.78, 5) is 11.6. The third-order valence-electron chi connectivity index (χ3n) is 5.79. The van der Waals surface area contributed by atoms with Crippen molar-refractivity contribution in [3.05, 3.63) is 0 Å². The van der Waals surface area contributed by atoms with Crippen LogP contribution in [0.3, 0.4) is 0 Å². The van der Waals surface area contributed by atoms with Gasteiger partial charge in [-0.3, -0.25) is 4.79 Å². The first-order valence-electron chi connectivity index (χ1n) is 12.8. The molecule has 0 aliphatic carbocycles. The van der Waals surface area contributed by atoms with Crippen molar-refractivity contribution in [2.24, 2.45) is 5.73 Å².